The molecular formula is C30H58N2O7. The highest BCUT2D eigenvalue weighted by molar-refractivity contribution is 5.68. The van der Waals surface area contributed by atoms with Gasteiger partial charge in [0.2, 0.25) is 0 Å². The number of carbonyl (C=O) groups is 1. The highest BCUT2D eigenvalue weighted by Gasteiger charge is 2.38. The summed E-state index contributed by atoms with van der Waals surface area (Å²) in [4.78, 5) is 13.1. The monoisotopic (exact) mass is 558 g/mol. The van der Waals surface area contributed by atoms with E-state index in [0.29, 0.717) is 12.8 Å². The van der Waals surface area contributed by atoms with Crippen LogP contribution in [0.3, 0.4) is 0 Å². The molecule has 0 fully saturated rings. The van der Waals surface area contributed by atoms with Crippen LogP contribution in [0.4, 0.5) is 4.79 Å². The largest absolute Gasteiger partial charge is 0.443 e. The molecule has 7 N–H and O–H groups in total. The van der Waals surface area contributed by atoms with Crippen LogP contribution in [0.15, 0.2) is 12.2 Å². The zero-order valence-corrected chi connectivity index (χ0v) is 26.0. The van der Waals surface area contributed by atoms with Crippen LogP contribution in [0, 0.1) is 16.2 Å². The summed E-state index contributed by atoms with van der Waals surface area (Å²) < 4.78 is 5.86. The summed E-state index contributed by atoms with van der Waals surface area (Å²) in [7, 11) is 0. The van der Waals surface area contributed by atoms with Crippen LogP contribution < -0.4 is 10.6 Å². The molecule has 1 aliphatic carbocycles. The van der Waals surface area contributed by atoms with Crippen molar-refractivity contribution >= 4 is 6.09 Å². The molecule has 8 unspecified atom stereocenters. The molecule has 1 aliphatic rings. The number of rotatable bonds is 12. The van der Waals surface area contributed by atoms with Crippen molar-refractivity contribution in [3.05, 3.63) is 12.2 Å². The lowest BCUT2D eigenvalue weighted by Gasteiger charge is -2.39. The summed E-state index contributed by atoms with van der Waals surface area (Å²) in [6.45, 7) is 20.3. The first-order valence-corrected chi connectivity index (χ1v) is 14.4. The summed E-state index contributed by atoms with van der Waals surface area (Å²) >= 11 is 0. The molecule has 1 rings (SSSR count). The van der Waals surface area contributed by atoms with Gasteiger partial charge in [-0.1, -0.05) is 74.5 Å². The molecule has 0 aromatic carbocycles. The minimum Gasteiger partial charge on any atom is -0.443 e. The predicted molar refractivity (Wildman–Crippen MR) is 154 cm³/mol. The fraction of sp³-hybridized carbons (Fsp3) is 0.900. The van der Waals surface area contributed by atoms with Crippen molar-refractivity contribution in [2.24, 2.45) is 16.2 Å². The first kappa shape index (κ1) is 35.8. The third-order valence-corrected chi connectivity index (χ3v) is 7.52. The molecule has 8 atom stereocenters. The van der Waals surface area contributed by atoms with Gasteiger partial charge in [-0.3, -0.25) is 0 Å². The van der Waals surface area contributed by atoms with E-state index in [-0.39, 0.29) is 30.2 Å². The molecule has 230 valence electrons. The number of amides is 1. The van der Waals surface area contributed by atoms with Crippen molar-refractivity contribution in [2.75, 3.05) is 6.54 Å². The van der Waals surface area contributed by atoms with Gasteiger partial charge in [-0.2, -0.15) is 0 Å². The van der Waals surface area contributed by atoms with Gasteiger partial charge in [0.05, 0.1) is 30.4 Å². The number of hydrogen-bond acceptors (Lipinski definition) is 8. The van der Waals surface area contributed by atoms with E-state index in [4.69, 9.17) is 4.74 Å². The van der Waals surface area contributed by atoms with E-state index in [9.17, 15) is 30.3 Å². The number of nitrogens with one attached hydrogen (secondary N) is 2. The van der Waals surface area contributed by atoms with Crippen molar-refractivity contribution in [3.8, 4) is 0 Å². The summed E-state index contributed by atoms with van der Waals surface area (Å²) in [5.74, 6) is 0. The second-order valence-electron chi connectivity index (χ2n) is 14.9. The first-order valence-electron chi connectivity index (χ1n) is 14.4. The van der Waals surface area contributed by atoms with Crippen molar-refractivity contribution in [1.29, 1.82) is 0 Å². The Kier molecular flexibility index (Phi) is 12.9. The van der Waals surface area contributed by atoms with Crippen molar-refractivity contribution in [2.45, 2.75) is 150 Å². The van der Waals surface area contributed by atoms with Crippen LogP contribution in [0.25, 0.3) is 0 Å². The number of ether oxygens (including phenoxy) is 1. The van der Waals surface area contributed by atoms with Gasteiger partial charge in [-0.05, 0) is 48.9 Å². The SMILES string of the molecule is CCC(C)(CC(C)(C)C)OC(=O)NC(CNC1C=CCC(O)C(O)C1O)C(O)CC(O)C(C)(C)CC(C)(C)C. The summed E-state index contributed by atoms with van der Waals surface area (Å²) in [6, 6.07) is -1.58. The molecule has 0 aromatic heterocycles. The van der Waals surface area contributed by atoms with Crippen LogP contribution in [-0.4, -0.2) is 86.4 Å². The van der Waals surface area contributed by atoms with Crippen LogP contribution >= 0.6 is 0 Å². The number of aliphatic hydroxyl groups excluding tert-OH is 5. The average molecular weight is 559 g/mol. The maximum absolute atomic E-state index is 13.1. The molecule has 0 aliphatic heterocycles. The average Bonchev–Trinajstić information content (AvgIpc) is 2.86. The van der Waals surface area contributed by atoms with Gasteiger partial charge >= 0.3 is 6.09 Å². The Morgan fingerprint density at radius 2 is 1.51 bits per heavy atom. The second-order valence-corrected chi connectivity index (χ2v) is 14.9. The molecule has 1 amide bonds. The Bertz CT molecular complexity index is 789. The lowest BCUT2D eigenvalue weighted by atomic mass is 9.71. The second kappa shape index (κ2) is 14.1. The fourth-order valence-electron chi connectivity index (χ4n) is 5.75. The molecule has 0 saturated carbocycles. The van der Waals surface area contributed by atoms with Gasteiger partial charge in [0.1, 0.15) is 17.8 Å². The highest BCUT2D eigenvalue weighted by Crippen LogP contribution is 2.37. The van der Waals surface area contributed by atoms with E-state index in [1.54, 1.807) is 12.2 Å². The number of carbonyl (C=O) groups excluding carboxylic acids is 1. The van der Waals surface area contributed by atoms with Crippen LogP contribution in [0.5, 0.6) is 0 Å². The van der Waals surface area contributed by atoms with Gasteiger partial charge < -0.3 is 40.9 Å². The third-order valence-electron chi connectivity index (χ3n) is 7.52. The van der Waals surface area contributed by atoms with Gasteiger partial charge in [0, 0.05) is 13.0 Å². The molecule has 0 bridgehead atoms. The third kappa shape index (κ3) is 12.4. The number of aliphatic hydroxyl groups is 5. The smallest absolute Gasteiger partial charge is 0.408 e. The molecule has 0 saturated heterocycles. The van der Waals surface area contributed by atoms with Crippen molar-refractivity contribution in [3.63, 3.8) is 0 Å². The molecule has 9 nitrogen and oxygen atoms in total. The molecule has 0 aromatic rings. The summed E-state index contributed by atoms with van der Waals surface area (Å²) in [5.41, 5.74) is -1.28. The highest BCUT2D eigenvalue weighted by atomic mass is 16.6. The fourth-order valence-corrected chi connectivity index (χ4v) is 5.75. The van der Waals surface area contributed by atoms with E-state index in [1.165, 1.54) is 0 Å². The molecule has 0 spiro atoms. The minimum atomic E-state index is -1.35. The van der Waals surface area contributed by atoms with Crippen LogP contribution in [0.1, 0.15) is 101 Å². The van der Waals surface area contributed by atoms with Crippen molar-refractivity contribution < 1.29 is 35.1 Å². The lowest BCUT2D eigenvalue weighted by Crippen LogP contribution is -2.56. The van der Waals surface area contributed by atoms with Gasteiger partial charge in [0.15, 0.2) is 0 Å². The predicted octanol–water partition coefficient (Wildman–Crippen LogP) is 3.26. The van der Waals surface area contributed by atoms with Crippen LogP contribution in [-0.2, 0) is 4.74 Å². The van der Waals surface area contributed by atoms with Gasteiger partial charge in [-0.25, -0.2) is 4.79 Å². The maximum atomic E-state index is 13.1. The Morgan fingerprint density at radius 3 is 2.03 bits per heavy atom. The number of alkyl carbamates (subject to hydrolysis) is 1. The zero-order chi connectivity index (χ0) is 30.4. The maximum Gasteiger partial charge on any atom is 0.408 e. The van der Waals surface area contributed by atoms with E-state index in [2.05, 4.69) is 52.2 Å². The zero-order valence-electron chi connectivity index (χ0n) is 26.0. The lowest BCUT2D eigenvalue weighted by molar-refractivity contribution is -0.0628. The Hall–Kier alpha value is -1.23. The topological polar surface area (TPSA) is 152 Å². The minimum absolute atomic E-state index is 0.0210. The summed E-state index contributed by atoms with van der Waals surface area (Å²) in [6.07, 6.45) is -0.819. The first-order chi connectivity index (χ1) is 17.6. The molecule has 0 radical (unpaired) electrons. The van der Waals surface area contributed by atoms with Gasteiger partial charge in [-0.15, -0.1) is 0 Å². The molecule has 39 heavy (non-hydrogen) atoms. The normalized spacial score (nSPS) is 26.7. The summed E-state index contributed by atoms with van der Waals surface area (Å²) in [5, 5.41) is 58.9. The Morgan fingerprint density at radius 1 is 0.949 bits per heavy atom. The molecule has 9 heteroatoms. The van der Waals surface area contributed by atoms with E-state index in [0.717, 1.165) is 6.42 Å². The molecular weight excluding hydrogens is 500 g/mol. The van der Waals surface area contributed by atoms with Gasteiger partial charge in [0.25, 0.3) is 0 Å². The van der Waals surface area contributed by atoms with Crippen LogP contribution in [0.2, 0.25) is 0 Å². The standard InChI is InChI=1S/C30H58N2O7/c1-11-30(10,18-28(5,6)7)39-26(38)32-20(16-31-19-13-12-14-21(33)25(37)24(19)36)22(34)15-23(35)29(8,9)17-27(2,3)4/h12-13,19-25,31,33-37H,11,14-18H2,1-10H3,(H,32,38). The Labute approximate surface area is 236 Å². The van der Waals surface area contributed by atoms with Crippen molar-refractivity contribution in [1.82, 2.24) is 10.6 Å². The molecule has 0 heterocycles. The van der Waals surface area contributed by atoms with E-state index >= 15 is 0 Å². The van der Waals surface area contributed by atoms with E-state index in [1.807, 2.05) is 27.7 Å². The Balaban J connectivity index is 3.09. The van der Waals surface area contributed by atoms with E-state index < -0.39 is 59.7 Å². The quantitative estimate of drug-likeness (QED) is 0.180. The number of hydrogen-bond donors (Lipinski definition) is 7.